The van der Waals surface area contributed by atoms with Gasteiger partial charge < -0.3 is 10.1 Å². The summed E-state index contributed by atoms with van der Waals surface area (Å²) in [6.07, 6.45) is 1.58. The van der Waals surface area contributed by atoms with Crippen molar-refractivity contribution in [2.24, 2.45) is 0 Å². The Labute approximate surface area is 181 Å². The lowest BCUT2D eigenvalue weighted by atomic mass is 10.0. The minimum absolute atomic E-state index is 0.0564. The molecule has 2 heterocycles. The number of hydrogen-bond acceptors (Lipinski definition) is 4. The van der Waals surface area contributed by atoms with Gasteiger partial charge in [0.25, 0.3) is 5.91 Å². The fourth-order valence-electron chi connectivity index (χ4n) is 3.84. The first kappa shape index (κ1) is 21.2. The van der Waals surface area contributed by atoms with Crippen LogP contribution in [0.15, 0.2) is 54.7 Å². The summed E-state index contributed by atoms with van der Waals surface area (Å²) in [4.78, 5) is 15.4. The second kappa shape index (κ2) is 9.41. The molecular weight excluding hydrogens is 395 g/mol. The lowest BCUT2D eigenvalue weighted by Gasteiger charge is -2.26. The molecule has 1 amide bonds. The second-order valence-corrected chi connectivity index (χ2v) is 8.03. The minimum atomic E-state index is -0.308. The fourth-order valence-corrected chi connectivity index (χ4v) is 3.84. The van der Waals surface area contributed by atoms with Gasteiger partial charge in [0.15, 0.2) is 0 Å². The number of rotatable bonds is 6. The quantitative estimate of drug-likeness (QED) is 0.646. The van der Waals surface area contributed by atoms with Gasteiger partial charge in [0.05, 0.1) is 36.4 Å². The van der Waals surface area contributed by atoms with E-state index in [4.69, 9.17) is 4.74 Å². The molecule has 0 radical (unpaired) electrons. The zero-order valence-electron chi connectivity index (χ0n) is 17.8. The monoisotopic (exact) mass is 422 g/mol. The minimum Gasteiger partial charge on any atom is -0.379 e. The number of nitrogens with zero attached hydrogens (tertiary/aromatic N) is 3. The van der Waals surface area contributed by atoms with Gasteiger partial charge in [-0.3, -0.25) is 9.69 Å². The molecule has 0 saturated carbocycles. The molecule has 162 valence electrons. The summed E-state index contributed by atoms with van der Waals surface area (Å²) in [5, 5.41) is 7.42. The van der Waals surface area contributed by atoms with Gasteiger partial charge in [0.2, 0.25) is 0 Å². The summed E-state index contributed by atoms with van der Waals surface area (Å²) in [6, 6.07) is 14.0. The number of ether oxygens (including phenoxy) is 1. The van der Waals surface area contributed by atoms with Crippen LogP contribution in [0.25, 0.3) is 5.69 Å². The van der Waals surface area contributed by atoms with Gasteiger partial charge in [-0.25, -0.2) is 9.07 Å². The second-order valence-electron chi connectivity index (χ2n) is 8.03. The Kier molecular flexibility index (Phi) is 6.44. The molecule has 1 saturated heterocycles. The molecule has 3 aromatic rings. The highest BCUT2D eigenvalue weighted by Crippen LogP contribution is 2.24. The van der Waals surface area contributed by atoms with E-state index < -0.39 is 0 Å². The van der Waals surface area contributed by atoms with Crippen molar-refractivity contribution in [3.05, 3.63) is 77.4 Å². The normalized spacial score (nSPS) is 14.7. The standard InChI is InChI=1S/C24H27FN4O2/c1-17(2)23-22(15-26-29(23)21-8-6-19(25)7-9-21)24(30)27-20-5-3-4-18(14-20)16-28-10-12-31-13-11-28/h3-9,14-15,17H,10-13,16H2,1-2H3,(H,27,30). The van der Waals surface area contributed by atoms with Crippen LogP contribution in [0.2, 0.25) is 0 Å². The van der Waals surface area contributed by atoms with Crippen LogP contribution in [0.3, 0.4) is 0 Å². The third-order valence-electron chi connectivity index (χ3n) is 5.36. The lowest BCUT2D eigenvalue weighted by Crippen LogP contribution is -2.35. The maximum Gasteiger partial charge on any atom is 0.259 e. The number of hydrogen-bond donors (Lipinski definition) is 1. The maximum atomic E-state index is 13.3. The summed E-state index contributed by atoms with van der Waals surface area (Å²) >= 11 is 0. The summed E-state index contributed by atoms with van der Waals surface area (Å²) < 4.78 is 20.4. The topological polar surface area (TPSA) is 59.4 Å². The number of nitrogens with one attached hydrogen (secondary N) is 1. The number of amides is 1. The van der Waals surface area contributed by atoms with Crippen molar-refractivity contribution < 1.29 is 13.9 Å². The molecule has 1 aromatic heterocycles. The summed E-state index contributed by atoms with van der Waals surface area (Å²) in [5.41, 5.74) is 3.91. The van der Waals surface area contributed by atoms with Crippen LogP contribution in [0.4, 0.5) is 10.1 Å². The first-order chi connectivity index (χ1) is 15.0. The van der Waals surface area contributed by atoms with Crippen molar-refractivity contribution in [1.82, 2.24) is 14.7 Å². The molecule has 0 bridgehead atoms. The van der Waals surface area contributed by atoms with Gasteiger partial charge in [0.1, 0.15) is 5.82 Å². The van der Waals surface area contributed by atoms with Crippen LogP contribution in [0, 0.1) is 5.82 Å². The maximum absolute atomic E-state index is 13.3. The fraction of sp³-hybridized carbons (Fsp3) is 0.333. The summed E-state index contributed by atoms with van der Waals surface area (Å²) in [7, 11) is 0. The van der Waals surface area contributed by atoms with Crippen molar-refractivity contribution in [1.29, 1.82) is 0 Å². The van der Waals surface area contributed by atoms with E-state index in [9.17, 15) is 9.18 Å². The average molecular weight is 423 g/mol. The van der Waals surface area contributed by atoms with Crippen LogP contribution in [0.1, 0.15) is 41.4 Å². The number of carbonyl (C=O) groups is 1. The van der Waals surface area contributed by atoms with Crippen molar-refractivity contribution >= 4 is 11.6 Å². The van der Waals surface area contributed by atoms with Crippen LogP contribution in [-0.2, 0) is 11.3 Å². The Hall–Kier alpha value is -3.03. The summed E-state index contributed by atoms with van der Waals surface area (Å²) in [5.74, 6) is -0.460. The summed E-state index contributed by atoms with van der Waals surface area (Å²) in [6.45, 7) is 8.19. The van der Waals surface area contributed by atoms with Crippen LogP contribution in [0.5, 0.6) is 0 Å². The third kappa shape index (κ3) is 5.00. The highest BCUT2D eigenvalue weighted by molar-refractivity contribution is 6.05. The number of anilines is 1. The Morgan fingerprint density at radius 1 is 1.16 bits per heavy atom. The van der Waals surface area contributed by atoms with Gasteiger partial charge >= 0.3 is 0 Å². The Bertz CT molecular complexity index is 1040. The van der Waals surface area contributed by atoms with E-state index in [0.29, 0.717) is 5.56 Å². The molecule has 7 heteroatoms. The molecule has 31 heavy (non-hydrogen) atoms. The third-order valence-corrected chi connectivity index (χ3v) is 5.36. The zero-order valence-corrected chi connectivity index (χ0v) is 17.8. The van der Waals surface area contributed by atoms with Crippen LogP contribution in [-0.4, -0.2) is 46.9 Å². The highest BCUT2D eigenvalue weighted by atomic mass is 19.1. The van der Waals surface area contributed by atoms with E-state index >= 15 is 0 Å². The van der Waals surface area contributed by atoms with Crippen LogP contribution >= 0.6 is 0 Å². The number of carbonyl (C=O) groups excluding carboxylic acids is 1. The number of morpholine rings is 1. The predicted octanol–water partition coefficient (Wildman–Crippen LogP) is 4.22. The Morgan fingerprint density at radius 3 is 2.61 bits per heavy atom. The van der Waals surface area contributed by atoms with Crippen molar-refractivity contribution in [3.63, 3.8) is 0 Å². The molecule has 6 nitrogen and oxygen atoms in total. The molecule has 4 rings (SSSR count). The van der Waals surface area contributed by atoms with E-state index in [0.717, 1.165) is 55.5 Å². The molecular formula is C24H27FN4O2. The largest absolute Gasteiger partial charge is 0.379 e. The van der Waals surface area contributed by atoms with E-state index in [2.05, 4.69) is 21.4 Å². The molecule has 0 atom stereocenters. The molecule has 0 spiro atoms. The number of halogens is 1. The van der Waals surface area contributed by atoms with Gasteiger partial charge in [0, 0.05) is 25.3 Å². The highest BCUT2D eigenvalue weighted by Gasteiger charge is 2.21. The first-order valence-corrected chi connectivity index (χ1v) is 10.6. The van der Waals surface area contributed by atoms with Gasteiger partial charge in [-0.1, -0.05) is 26.0 Å². The van der Waals surface area contributed by atoms with Gasteiger partial charge in [-0.2, -0.15) is 5.10 Å². The smallest absolute Gasteiger partial charge is 0.259 e. The van der Waals surface area contributed by atoms with E-state index in [-0.39, 0.29) is 17.6 Å². The average Bonchev–Trinajstić information content (AvgIpc) is 3.21. The van der Waals surface area contributed by atoms with Crippen LogP contribution < -0.4 is 5.32 Å². The lowest BCUT2D eigenvalue weighted by molar-refractivity contribution is 0.0342. The Balaban J connectivity index is 1.53. The molecule has 0 aliphatic carbocycles. The molecule has 1 aliphatic heterocycles. The predicted molar refractivity (Wildman–Crippen MR) is 118 cm³/mol. The van der Waals surface area contributed by atoms with Crippen molar-refractivity contribution in [2.45, 2.75) is 26.3 Å². The Morgan fingerprint density at radius 2 is 1.90 bits per heavy atom. The molecule has 2 aromatic carbocycles. The number of benzene rings is 2. The van der Waals surface area contributed by atoms with Gasteiger partial charge in [-0.15, -0.1) is 0 Å². The molecule has 1 aliphatic rings. The zero-order chi connectivity index (χ0) is 21.8. The molecule has 1 fully saturated rings. The van der Waals surface area contributed by atoms with E-state index in [1.807, 2.05) is 32.0 Å². The van der Waals surface area contributed by atoms with E-state index in [1.54, 1.807) is 23.0 Å². The van der Waals surface area contributed by atoms with E-state index in [1.165, 1.54) is 12.1 Å². The number of aromatic nitrogens is 2. The van der Waals surface area contributed by atoms with Crippen molar-refractivity contribution in [3.8, 4) is 5.69 Å². The molecule has 1 N–H and O–H groups in total. The van der Waals surface area contributed by atoms with Crippen molar-refractivity contribution in [2.75, 3.05) is 31.6 Å². The SMILES string of the molecule is CC(C)c1c(C(=O)Nc2cccc(CN3CCOCC3)c2)cnn1-c1ccc(F)cc1. The first-order valence-electron chi connectivity index (χ1n) is 10.6. The van der Waals surface area contributed by atoms with Gasteiger partial charge in [-0.05, 0) is 47.9 Å². The molecule has 0 unspecified atom stereocenters.